The number of ether oxygens (including phenoxy) is 1. The predicted octanol–water partition coefficient (Wildman–Crippen LogP) is -3.90. The fraction of sp³-hybridized carbons (Fsp3) is 0.556. The number of carbonyl (C=O) groups excluding carboxylic acids is 1. The number of anilines is 1. The van der Waals surface area contributed by atoms with Gasteiger partial charge in [-0.1, -0.05) is 0 Å². The van der Waals surface area contributed by atoms with Crippen molar-refractivity contribution in [2.75, 3.05) is 11.9 Å². The number of carbonyl (C=O) groups is 1. The van der Waals surface area contributed by atoms with Gasteiger partial charge in [-0.05, 0) is 0 Å². The van der Waals surface area contributed by atoms with Crippen LogP contribution in [0.5, 0.6) is 0 Å². The quantitative estimate of drug-likeness (QED) is 0.447. The van der Waals surface area contributed by atoms with E-state index in [0.29, 0.717) is 0 Å². The summed E-state index contributed by atoms with van der Waals surface area (Å²) in [6.07, 6.45) is -5.10. The average Bonchev–Trinajstić information content (AvgIpc) is 2.93. The summed E-state index contributed by atoms with van der Waals surface area (Å²) in [6.45, 7) is -0.795. The number of phosphoric ester groups is 1. The van der Waals surface area contributed by atoms with Crippen LogP contribution in [0.2, 0.25) is 0 Å². The highest BCUT2D eigenvalue weighted by molar-refractivity contribution is 7.43. The highest BCUT2D eigenvalue weighted by Gasteiger charge is 2.44. The molecule has 12 nitrogen and oxygen atoms in total. The molecular formula is C9H11N3O9P-3. The number of carboxylic acid groups (broad SMARTS) is 1. The van der Waals surface area contributed by atoms with Gasteiger partial charge >= 0.3 is 0 Å². The molecule has 0 aliphatic carbocycles. The van der Waals surface area contributed by atoms with Gasteiger partial charge in [0.1, 0.15) is 30.2 Å². The summed E-state index contributed by atoms with van der Waals surface area (Å²) in [4.78, 5) is 35.0. The Kier molecular flexibility index (Phi) is 4.82. The molecule has 1 amide bonds. The van der Waals surface area contributed by atoms with Gasteiger partial charge < -0.3 is 49.0 Å². The summed E-state index contributed by atoms with van der Waals surface area (Å²) >= 11 is 0. The number of aliphatic hydroxyl groups is 2. The second-order valence-corrected chi connectivity index (χ2v) is 5.54. The highest BCUT2D eigenvalue weighted by atomic mass is 31.2. The Morgan fingerprint density at radius 2 is 2.18 bits per heavy atom. The summed E-state index contributed by atoms with van der Waals surface area (Å²) in [5, 5.41) is 32.1. The Bertz CT molecular complexity index is 587. The number of rotatable bonds is 5. The zero-order chi connectivity index (χ0) is 16.5. The number of nitrogens with one attached hydrogen (secondary N) is 1. The van der Waals surface area contributed by atoms with Crippen molar-refractivity contribution in [1.82, 2.24) is 9.55 Å². The number of aliphatic hydroxyl groups excluding tert-OH is 2. The van der Waals surface area contributed by atoms with E-state index in [1.54, 1.807) is 0 Å². The Morgan fingerprint density at radius 3 is 2.77 bits per heavy atom. The smallest absolute Gasteiger partial charge is 0.165 e. The molecule has 0 spiro atoms. The lowest BCUT2D eigenvalue weighted by atomic mass is 10.1. The molecule has 0 aromatic carbocycles. The first-order valence-electron chi connectivity index (χ1n) is 5.87. The van der Waals surface area contributed by atoms with Crippen LogP contribution in [-0.2, 0) is 13.8 Å². The molecule has 1 fully saturated rings. The van der Waals surface area contributed by atoms with Crippen LogP contribution in [0.15, 0.2) is 12.5 Å². The van der Waals surface area contributed by atoms with Crippen molar-refractivity contribution < 1.29 is 43.7 Å². The number of hydrogen-bond acceptors (Lipinski definition) is 10. The fourth-order valence-corrected chi connectivity index (χ4v) is 2.30. The maximum atomic E-state index is 10.5. The molecule has 0 unspecified atom stereocenters. The van der Waals surface area contributed by atoms with Gasteiger partial charge in [-0.2, -0.15) is 0 Å². The van der Waals surface area contributed by atoms with Crippen molar-refractivity contribution in [3.05, 3.63) is 12.5 Å². The van der Waals surface area contributed by atoms with E-state index in [9.17, 15) is 34.5 Å². The third-order valence-corrected chi connectivity index (χ3v) is 3.37. The minimum Gasteiger partial charge on any atom is -0.790 e. The third kappa shape index (κ3) is 3.81. The van der Waals surface area contributed by atoms with Crippen LogP contribution in [0.25, 0.3) is 0 Å². The Morgan fingerprint density at radius 1 is 1.50 bits per heavy atom. The molecule has 1 saturated heterocycles. The van der Waals surface area contributed by atoms with Crippen molar-refractivity contribution in [3.8, 4) is 0 Å². The molecule has 4 atom stereocenters. The molecule has 124 valence electrons. The summed E-state index contributed by atoms with van der Waals surface area (Å²) in [5.74, 6) is -0.101. The molecule has 2 rings (SSSR count). The first-order valence-corrected chi connectivity index (χ1v) is 7.33. The topological polar surface area (TPSA) is 192 Å². The van der Waals surface area contributed by atoms with Gasteiger partial charge in [0.05, 0.1) is 27.0 Å². The number of imidazole rings is 1. The van der Waals surface area contributed by atoms with Crippen molar-refractivity contribution >= 4 is 19.7 Å². The normalized spacial score (nSPS) is 28.7. The largest absolute Gasteiger partial charge is 0.790 e. The van der Waals surface area contributed by atoms with Crippen LogP contribution in [0, 0.1) is 0 Å². The van der Waals surface area contributed by atoms with Gasteiger partial charge in [0, 0.05) is 0 Å². The molecule has 0 bridgehead atoms. The maximum absolute atomic E-state index is 10.5. The Labute approximate surface area is 123 Å². The molecule has 22 heavy (non-hydrogen) atoms. The van der Waals surface area contributed by atoms with Gasteiger partial charge in [0.15, 0.2) is 6.23 Å². The second kappa shape index (κ2) is 6.30. The lowest BCUT2D eigenvalue weighted by Crippen LogP contribution is -2.35. The summed E-state index contributed by atoms with van der Waals surface area (Å²) in [5.41, 5.74) is 0. The minimum atomic E-state index is -5.26. The molecule has 0 radical (unpaired) electrons. The zero-order valence-electron chi connectivity index (χ0n) is 10.8. The van der Waals surface area contributed by atoms with E-state index in [4.69, 9.17) is 4.74 Å². The van der Waals surface area contributed by atoms with Gasteiger partial charge in [0.25, 0.3) is 0 Å². The lowest BCUT2D eigenvalue weighted by molar-refractivity contribution is -0.343. The number of amides is 1. The van der Waals surface area contributed by atoms with Gasteiger partial charge in [-0.3, -0.25) is 4.57 Å². The van der Waals surface area contributed by atoms with Gasteiger partial charge in [0.2, 0.25) is 0 Å². The SMILES string of the molecule is O=C([O-])Nc1cncn1[C@@H]1O[C@H](COP(=O)([O-])[O-])[C@@H](O)[C@H]1O. The standard InChI is InChI=1S/C9H14N3O9P/c13-6-4(2-20-22(17,18)19)21-8(7(6)14)12-3-10-1-5(12)11-9(15)16/h1,3-4,6-8,11,13-14H,2H2,(H,15,16)(H2,17,18,19)/p-3/t4-,6-,7-,8-/m1/s1. The van der Waals surface area contributed by atoms with Crippen LogP contribution >= 0.6 is 7.82 Å². The Balaban J connectivity index is 2.11. The zero-order valence-corrected chi connectivity index (χ0v) is 11.7. The van der Waals surface area contributed by atoms with Crippen molar-refractivity contribution in [1.29, 1.82) is 0 Å². The van der Waals surface area contributed by atoms with Crippen LogP contribution in [-0.4, -0.2) is 50.8 Å². The van der Waals surface area contributed by atoms with Gasteiger partial charge in [-0.15, -0.1) is 0 Å². The van der Waals surface area contributed by atoms with Crippen LogP contribution < -0.4 is 20.2 Å². The van der Waals surface area contributed by atoms with E-state index in [2.05, 4.69) is 9.51 Å². The van der Waals surface area contributed by atoms with Gasteiger partial charge in [-0.25, -0.2) is 4.98 Å². The molecular weight excluding hydrogens is 325 g/mol. The summed E-state index contributed by atoms with van der Waals surface area (Å²) < 4.78 is 20.7. The van der Waals surface area contributed by atoms with E-state index >= 15 is 0 Å². The second-order valence-electron chi connectivity index (χ2n) is 4.39. The lowest BCUT2D eigenvalue weighted by Gasteiger charge is -2.30. The van der Waals surface area contributed by atoms with Crippen molar-refractivity contribution in [2.45, 2.75) is 24.5 Å². The highest BCUT2D eigenvalue weighted by Crippen LogP contribution is 2.34. The van der Waals surface area contributed by atoms with Crippen molar-refractivity contribution in [2.24, 2.45) is 0 Å². The van der Waals surface area contributed by atoms with E-state index < -0.39 is 45.1 Å². The first kappa shape index (κ1) is 16.8. The van der Waals surface area contributed by atoms with Crippen LogP contribution in [0.4, 0.5) is 10.6 Å². The number of phosphoric acid groups is 1. The molecule has 13 heteroatoms. The molecule has 2 heterocycles. The number of nitrogens with zero attached hydrogens (tertiary/aromatic N) is 2. The monoisotopic (exact) mass is 336 g/mol. The van der Waals surface area contributed by atoms with E-state index in [0.717, 1.165) is 17.1 Å². The molecule has 1 aromatic heterocycles. The number of aromatic nitrogens is 2. The fourth-order valence-electron chi connectivity index (χ4n) is 1.97. The maximum Gasteiger partial charge on any atom is 0.165 e. The summed E-state index contributed by atoms with van der Waals surface area (Å²) in [6, 6.07) is 0. The Hall–Kier alpha value is -1.53. The summed E-state index contributed by atoms with van der Waals surface area (Å²) in [7, 11) is -5.26. The number of hydrogen-bond donors (Lipinski definition) is 3. The predicted molar refractivity (Wildman–Crippen MR) is 60.7 cm³/mol. The van der Waals surface area contributed by atoms with E-state index in [1.165, 1.54) is 0 Å². The van der Waals surface area contributed by atoms with Crippen molar-refractivity contribution in [3.63, 3.8) is 0 Å². The molecule has 1 aromatic rings. The van der Waals surface area contributed by atoms with Crippen LogP contribution in [0.3, 0.4) is 0 Å². The third-order valence-electron chi connectivity index (χ3n) is 2.90. The molecule has 1 aliphatic heterocycles. The molecule has 3 N–H and O–H groups in total. The van der Waals surface area contributed by atoms with Crippen LogP contribution in [0.1, 0.15) is 6.23 Å². The molecule has 0 saturated carbocycles. The first-order chi connectivity index (χ1) is 10.2. The van der Waals surface area contributed by atoms with E-state index in [-0.39, 0.29) is 5.82 Å². The molecule has 1 aliphatic rings. The minimum absolute atomic E-state index is 0.101. The average molecular weight is 336 g/mol. The van der Waals surface area contributed by atoms with E-state index in [1.807, 2.05) is 5.32 Å².